The minimum absolute atomic E-state index is 0.229. The number of rotatable bonds is 4. The minimum Gasteiger partial charge on any atom is -0.393 e. The Hall–Kier alpha value is -1.16. The molecule has 0 spiro atoms. The van der Waals surface area contributed by atoms with E-state index in [0.717, 1.165) is 25.1 Å². The highest BCUT2D eigenvalue weighted by Crippen LogP contribution is 2.24. The van der Waals surface area contributed by atoms with Crippen molar-refractivity contribution < 1.29 is 5.11 Å². The summed E-state index contributed by atoms with van der Waals surface area (Å²) in [7, 11) is 0. The monoisotopic (exact) mass is 249 g/mol. The fraction of sp³-hybridized carbons (Fsp3) is 0.714. The molecule has 0 saturated heterocycles. The van der Waals surface area contributed by atoms with E-state index in [-0.39, 0.29) is 12.1 Å². The van der Waals surface area contributed by atoms with Gasteiger partial charge in [-0.15, -0.1) is 0 Å². The molecule has 18 heavy (non-hydrogen) atoms. The van der Waals surface area contributed by atoms with E-state index in [1.807, 2.05) is 6.92 Å². The minimum atomic E-state index is -0.284. The summed E-state index contributed by atoms with van der Waals surface area (Å²) in [6.07, 6.45) is 7.97. The summed E-state index contributed by atoms with van der Waals surface area (Å²) in [5.74, 6) is 0.968. The Bertz CT molecular complexity index is 393. The summed E-state index contributed by atoms with van der Waals surface area (Å²) >= 11 is 0. The number of hydrogen-bond donors (Lipinski definition) is 2. The number of aromatic nitrogens is 2. The van der Waals surface area contributed by atoms with Gasteiger partial charge in [-0.2, -0.15) is 0 Å². The molecular formula is C14H23N3O. The lowest BCUT2D eigenvalue weighted by Crippen LogP contribution is -2.22. The van der Waals surface area contributed by atoms with Crippen LogP contribution in [-0.4, -0.2) is 27.2 Å². The first-order valence-electron chi connectivity index (χ1n) is 6.94. The molecule has 0 saturated carbocycles. The van der Waals surface area contributed by atoms with E-state index in [1.54, 1.807) is 6.33 Å². The van der Waals surface area contributed by atoms with Gasteiger partial charge < -0.3 is 10.4 Å². The van der Waals surface area contributed by atoms with Crippen molar-refractivity contribution in [2.75, 3.05) is 5.32 Å². The van der Waals surface area contributed by atoms with E-state index in [4.69, 9.17) is 0 Å². The highest BCUT2D eigenvalue weighted by Gasteiger charge is 2.16. The zero-order valence-corrected chi connectivity index (χ0v) is 11.3. The molecule has 1 aromatic heterocycles. The van der Waals surface area contributed by atoms with Crippen LogP contribution in [0.25, 0.3) is 0 Å². The molecule has 0 bridgehead atoms. The predicted octanol–water partition coefficient (Wildman–Crippen LogP) is 2.32. The normalized spacial score (nSPS) is 18.6. The average molecular weight is 249 g/mol. The number of hydrogen-bond acceptors (Lipinski definition) is 4. The fourth-order valence-electron chi connectivity index (χ4n) is 2.63. The van der Waals surface area contributed by atoms with Crippen LogP contribution in [0.5, 0.6) is 0 Å². The standard InChI is InChI=1S/C14H23N3O/c1-10(8-11(2)18)17-14-12-6-4-3-5-7-13(12)15-9-16-14/h9-11,18H,3-8H2,1-2H3,(H,15,16,17). The molecule has 1 heterocycles. The van der Waals surface area contributed by atoms with E-state index < -0.39 is 0 Å². The molecule has 1 aliphatic rings. The third-order valence-electron chi connectivity index (χ3n) is 3.45. The summed E-state index contributed by atoms with van der Waals surface area (Å²) in [4.78, 5) is 8.78. The van der Waals surface area contributed by atoms with E-state index in [0.29, 0.717) is 0 Å². The average Bonchev–Trinajstić information content (AvgIpc) is 2.53. The molecule has 4 nitrogen and oxygen atoms in total. The van der Waals surface area contributed by atoms with Crippen LogP contribution in [0, 0.1) is 0 Å². The fourth-order valence-corrected chi connectivity index (χ4v) is 2.63. The van der Waals surface area contributed by atoms with Crippen molar-refractivity contribution in [1.82, 2.24) is 9.97 Å². The van der Waals surface area contributed by atoms with E-state index in [1.165, 1.54) is 30.5 Å². The Morgan fingerprint density at radius 2 is 2.00 bits per heavy atom. The maximum atomic E-state index is 9.41. The van der Waals surface area contributed by atoms with Gasteiger partial charge in [-0.25, -0.2) is 9.97 Å². The van der Waals surface area contributed by atoms with Crippen molar-refractivity contribution in [2.45, 2.75) is 64.5 Å². The topological polar surface area (TPSA) is 58.0 Å². The molecule has 2 N–H and O–H groups in total. The molecule has 1 aliphatic carbocycles. The number of fused-ring (bicyclic) bond motifs is 1. The Kier molecular flexibility index (Phi) is 4.53. The maximum absolute atomic E-state index is 9.41. The first-order valence-corrected chi connectivity index (χ1v) is 6.94. The second kappa shape index (κ2) is 6.14. The Labute approximate surface area is 109 Å². The summed E-state index contributed by atoms with van der Waals surface area (Å²) in [6, 6.07) is 0.229. The largest absolute Gasteiger partial charge is 0.393 e. The summed E-state index contributed by atoms with van der Waals surface area (Å²) < 4.78 is 0. The van der Waals surface area contributed by atoms with Crippen LogP contribution in [0.2, 0.25) is 0 Å². The predicted molar refractivity (Wildman–Crippen MR) is 72.7 cm³/mol. The van der Waals surface area contributed by atoms with Gasteiger partial charge in [-0.1, -0.05) is 6.42 Å². The molecule has 0 radical (unpaired) electrons. The molecule has 2 rings (SSSR count). The number of nitrogens with one attached hydrogen (secondary N) is 1. The first kappa shape index (κ1) is 13.3. The third kappa shape index (κ3) is 3.42. The van der Waals surface area contributed by atoms with Crippen molar-refractivity contribution in [2.24, 2.45) is 0 Å². The van der Waals surface area contributed by atoms with Crippen LogP contribution in [0.15, 0.2) is 6.33 Å². The van der Waals surface area contributed by atoms with Crippen molar-refractivity contribution in [3.05, 3.63) is 17.6 Å². The van der Waals surface area contributed by atoms with E-state index >= 15 is 0 Å². The van der Waals surface area contributed by atoms with Gasteiger partial charge in [0.2, 0.25) is 0 Å². The Balaban J connectivity index is 2.13. The van der Waals surface area contributed by atoms with Gasteiger partial charge in [0.05, 0.1) is 6.10 Å². The molecule has 4 heteroatoms. The second-order valence-corrected chi connectivity index (χ2v) is 5.34. The summed E-state index contributed by atoms with van der Waals surface area (Å²) in [5, 5.41) is 12.8. The molecule has 100 valence electrons. The number of aliphatic hydroxyl groups excluding tert-OH is 1. The molecular weight excluding hydrogens is 226 g/mol. The third-order valence-corrected chi connectivity index (χ3v) is 3.45. The number of nitrogens with zero attached hydrogens (tertiary/aromatic N) is 2. The molecule has 0 aromatic carbocycles. The van der Waals surface area contributed by atoms with Gasteiger partial charge in [0.25, 0.3) is 0 Å². The van der Waals surface area contributed by atoms with Gasteiger partial charge in [0.15, 0.2) is 0 Å². The van der Waals surface area contributed by atoms with Crippen LogP contribution in [0.3, 0.4) is 0 Å². The summed E-state index contributed by atoms with van der Waals surface area (Å²) in [6.45, 7) is 3.90. The number of aryl methyl sites for hydroxylation is 1. The van der Waals surface area contributed by atoms with Gasteiger partial charge in [-0.3, -0.25) is 0 Å². The lowest BCUT2D eigenvalue weighted by atomic mass is 10.1. The molecule has 0 fully saturated rings. The van der Waals surface area contributed by atoms with Gasteiger partial charge >= 0.3 is 0 Å². The van der Waals surface area contributed by atoms with Crippen molar-refractivity contribution >= 4 is 5.82 Å². The molecule has 0 aliphatic heterocycles. The molecule has 2 atom stereocenters. The van der Waals surface area contributed by atoms with Gasteiger partial charge in [-0.05, 0) is 46.0 Å². The smallest absolute Gasteiger partial charge is 0.133 e. The molecule has 1 aromatic rings. The van der Waals surface area contributed by atoms with Crippen LogP contribution >= 0.6 is 0 Å². The lowest BCUT2D eigenvalue weighted by molar-refractivity contribution is 0.179. The second-order valence-electron chi connectivity index (χ2n) is 5.34. The Morgan fingerprint density at radius 3 is 2.78 bits per heavy atom. The number of aliphatic hydroxyl groups is 1. The zero-order chi connectivity index (χ0) is 13.0. The Morgan fingerprint density at radius 1 is 1.22 bits per heavy atom. The molecule has 2 unspecified atom stereocenters. The van der Waals surface area contributed by atoms with Gasteiger partial charge in [0.1, 0.15) is 12.1 Å². The zero-order valence-electron chi connectivity index (χ0n) is 11.3. The number of anilines is 1. The van der Waals surface area contributed by atoms with Crippen molar-refractivity contribution in [3.63, 3.8) is 0 Å². The lowest BCUT2D eigenvalue weighted by Gasteiger charge is -2.19. The van der Waals surface area contributed by atoms with Crippen molar-refractivity contribution in [3.8, 4) is 0 Å². The van der Waals surface area contributed by atoms with E-state index in [2.05, 4.69) is 22.2 Å². The highest BCUT2D eigenvalue weighted by atomic mass is 16.3. The maximum Gasteiger partial charge on any atom is 0.133 e. The van der Waals surface area contributed by atoms with E-state index in [9.17, 15) is 5.11 Å². The first-order chi connectivity index (χ1) is 8.66. The highest BCUT2D eigenvalue weighted by molar-refractivity contribution is 5.47. The van der Waals surface area contributed by atoms with Crippen LogP contribution in [0.4, 0.5) is 5.82 Å². The van der Waals surface area contributed by atoms with Gasteiger partial charge in [0, 0.05) is 17.3 Å². The summed E-state index contributed by atoms with van der Waals surface area (Å²) in [5.41, 5.74) is 2.49. The SMILES string of the molecule is CC(O)CC(C)Nc1ncnc2c1CCCCC2. The van der Waals surface area contributed by atoms with Crippen molar-refractivity contribution in [1.29, 1.82) is 0 Å². The van der Waals surface area contributed by atoms with Crippen LogP contribution < -0.4 is 5.32 Å². The quantitative estimate of drug-likeness (QED) is 0.804. The van der Waals surface area contributed by atoms with Crippen LogP contribution in [0.1, 0.15) is 50.8 Å². The van der Waals surface area contributed by atoms with Crippen LogP contribution in [-0.2, 0) is 12.8 Å². The molecule has 0 amide bonds.